The number of anilines is 1. The van der Waals surface area contributed by atoms with Gasteiger partial charge in [-0.05, 0) is 42.5 Å². The lowest BCUT2D eigenvalue weighted by molar-refractivity contribution is 0.102. The number of amides is 1. The fourth-order valence-corrected chi connectivity index (χ4v) is 2.22. The first-order valence-corrected chi connectivity index (χ1v) is 6.63. The van der Waals surface area contributed by atoms with Crippen molar-refractivity contribution in [3.05, 3.63) is 64.8 Å². The van der Waals surface area contributed by atoms with Crippen LogP contribution in [0.3, 0.4) is 0 Å². The number of aromatic nitrogens is 1. The number of rotatable bonds is 2. The molecule has 0 saturated heterocycles. The van der Waals surface area contributed by atoms with Crippen molar-refractivity contribution in [1.82, 2.24) is 4.98 Å². The Kier molecular flexibility index (Phi) is 3.35. The van der Waals surface area contributed by atoms with E-state index in [0.717, 1.165) is 10.9 Å². The van der Waals surface area contributed by atoms with Crippen molar-refractivity contribution in [3.8, 4) is 6.07 Å². The molecule has 3 aromatic rings. The minimum atomic E-state index is -0.243. The van der Waals surface area contributed by atoms with Crippen molar-refractivity contribution >= 4 is 34.1 Å². The zero-order valence-electron chi connectivity index (χ0n) is 10.9. The van der Waals surface area contributed by atoms with Gasteiger partial charge in [0.05, 0.1) is 11.6 Å². The molecule has 0 aliphatic rings. The van der Waals surface area contributed by atoms with Gasteiger partial charge < -0.3 is 10.3 Å². The topological polar surface area (TPSA) is 68.7 Å². The SMILES string of the molecule is N#Cc1ccc(NC(=O)c2cc3ccc(Cl)cc3[nH]2)cc1. The summed E-state index contributed by atoms with van der Waals surface area (Å²) in [5.41, 5.74) is 2.45. The Labute approximate surface area is 126 Å². The summed E-state index contributed by atoms with van der Waals surface area (Å²) in [5.74, 6) is -0.243. The number of aromatic amines is 1. The number of nitrogens with zero attached hydrogens (tertiary/aromatic N) is 1. The molecule has 0 aliphatic carbocycles. The highest BCUT2D eigenvalue weighted by molar-refractivity contribution is 6.31. The molecule has 21 heavy (non-hydrogen) atoms. The molecule has 5 heteroatoms. The monoisotopic (exact) mass is 295 g/mol. The summed E-state index contributed by atoms with van der Waals surface area (Å²) in [6, 6.07) is 15.9. The first-order chi connectivity index (χ1) is 10.2. The zero-order chi connectivity index (χ0) is 14.8. The summed E-state index contributed by atoms with van der Waals surface area (Å²) in [6.07, 6.45) is 0. The van der Waals surface area contributed by atoms with E-state index >= 15 is 0 Å². The predicted octanol–water partition coefficient (Wildman–Crippen LogP) is 3.95. The van der Waals surface area contributed by atoms with Crippen LogP contribution in [-0.2, 0) is 0 Å². The highest BCUT2D eigenvalue weighted by Gasteiger charge is 2.10. The maximum absolute atomic E-state index is 12.2. The Morgan fingerprint density at radius 2 is 1.90 bits per heavy atom. The molecule has 0 radical (unpaired) electrons. The molecule has 0 saturated carbocycles. The molecule has 4 nitrogen and oxygen atoms in total. The molecule has 1 aromatic heterocycles. The lowest BCUT2D eigenvalue weighted by Crippen LogP contribution is -2.12. The van der Waals surface area contributed by atoms with Crippen molar-refractivity contribution in [2.24, 2.45) is 0 Å². The van der Waals surface area contributed by atoms with Crippen LogP contribution in [0.15, 0.2) is 48.5 Å². The van der Waals surface area contributed by atoms with Crippen molar-refractivity contribution < 1.29 is 4.79 Å². The van der Waals surface area contributed by atoms with E-state index in [1.165, 1.54) is 0 Å². The van der Waals surface area contributed by atoms with Crippen molar-refractivity contribution in [3.63, 3.8) is 0 Å². The average molecular weight is 296 g/mol. The van der Waals surface area contributed by atoms with Gasteiger partial charge >= 0.3 is 0 Å². The number of halogens is 1. The average Bonchev–Trinajstić information content (AvgIpc) is 2.91. The van der Waals surface area contributed by atoms with Gasteiger partial charge in [0.15, 0.2) is 0 Å². The van der Waals surface area contributed by atoms with Crippen molar-refractivity contribution in [1.29, 1.82) is 5.26 Å². The molecule has 1 heterocycles. The van der Waals surface area contributed by atoms with Crippen molar-refractivity contribution in [2.45, 2.75) is 0 Å². The maximum Gasteiger partial charge on any atom is 0.272 e. The first kappa shape index (κ1) is 13.2. The van der Waals surface area contributed by atoms with E-state index < -0.39 is 0 Å². The molecular formula is C16H10ClN3O. The molecule has 2 N–H and O–H groups in total. The van der Waals surface area contributed by atoms with Gasteiger partial charge in [-0.3, -0.25) is 4.79 Å². The van der Waals surface area contributed by atoms with Gasteiger partial charge in [0, 0.05) is 21.6 Å². The van der Waals surface area contributed by atoms with Crippen LogP contribution in [0.2, 0.25) is 5.02 Å². The number of carbonyl (C=O) groups excluding carboxylic acids is 1. The van der Waals surface area contributed by atoms with Gasteiger partial charge in [-0.15, -0.1) is 0 Å². The molecular weight excluding hydrogens is 286 g/mol. The quantitative estimate of drug-likeness (QED) is 0.751. The Hall–Kier alpha value is -2.77. The lowest BCUT2D eigenvalue weighted by Gasteiger charge is -2.03. The molecule has 0 bridgehead atoms. The highest BCUT2D eigenvalue weighted by atomic mass is 35.5. The van der Waals surface area contributed by atoms with Gasteiger partial charge in [0.25, 0.3) is 5.91 Å². The Bertz CT molecular complexity index is 859. The van der Waals surface area contributed by atoms with E-state index in [1.807, 2.05) is 12.1 Å². The largest absolute Gasteiger partial charge is 0.350 e. The number of H-pyrrole nitrogens is 1. The molecule has 0 atom stereocenters. The van der Waals surface area contributed by atoms with Crippen LogP contribution in [0, 0.1) is 11.3 Å². The number of fused-ring (bicyclic) bond motifs is 1. The summed E-state index contributed by atoms with van der Waals surface area (Å²) >= 11 is 5.92. The fraction of sp³-hybridized carbons (Fsp3) is 0. The van der Waals surface area contributed by atoms with Crippen LogP contribution in [0.4, 0.5) is 5.69 Å². The molecule has 0 aliphatic heterocycles. The number of benzene rings is 2. The number of hydrogen-bond donors (Lipinski definition) is 2. The Morgan fingerprint density at radius 1 is 1.14 bits per heavy atom. The predicted molar refractivity (Wildman–Crippen MR) is 82.4 cm³/mol. The van der Waals surface area contributed by atoms with Gasteiger partial charge in [-0.25, -0.2) is 0 Å². The van der Waals surface area contributed by atoms with Gasteiger partial charge in [-0.1, -0.05) is 17.7 Å². The smallest absolute Gasteiger partial charge is 0.272 e. The lowest BCUT2D eigenvalue weighted by atomic mass is 10.2. The summed E-state index contributed by atoms with van der Waals surface area (Å²) in [7, 11) is 0. The molecule has 2 aromatic carbocycles. The molecule has 0 fully saturated rings. The van der Waals surface area contributed by atoms with Crippen LogP contribution in [0.25, 0.3) is 10.9 Å². The molecule has 1 amide bonds. The Balaban J connectivity index is 1.84. The summed E-state index contributed by atoms with van der Waals surface area (Å²) in [6.45, 7) is 0. The summed E-state index contributed by atoms with van der Waals surface area (Å²) < 4.78 is 0. The van der Waals surface area contributed by atoms with Crippen LogP contribution in [0.5, 0.6) is 0 Å². The van der Waals surface area contributed by atoms with E-state index in [4.69, 9.17) is 16.9 Å². The standard InChI is InChI=1S/C16H10ClN3O/c17-12-4-3-11-7-15(20-14(11)8-12)16(21)19-13-5-1-10(9-18)2-6-13/h1-8,20H,(H,19,21). The number of carbonyl (C=O) groups is 1. The normalized spacial score (nSPS) is 10.3. The third-order valence-electron chi connectivity index (χ3n) is 3.10. The van der Waals surface area contributed by atoms with Crippen molar-refractivity contribution in [2.75, 3.05) is 5.32 Å². The number of hydrogen-bond acceptors (Lipinski definition) is 2. The van der Waals surface area contributed by atoms with Gasteiger partial charge in [0.1, 0.15) is 5.69 Å². The van der Waals surface area contributed by atoms with Crippen LogP contribution < -0.4 is 5.32 Å². The second-order valence-corrected chi connectivity index (χ2v) is 4.99. The summed E-state index contributed by atoms with van der Waals surface area (Å²) in [4.78, 5) is 15.2. The second-order valence-electron chi connectivity index (χ2n) is 4.56. The minimum absolute atomic E-state index is 0.243. The highest BCUT2D eigenvalue weighted by Crippen LogP contribution is 2.20. The van der Waals surface area contributed by atoms with E-state index in [2.05, 4.69) is 10.3 Å². The molecule has 3 rings (SSSR count). The van der Waals surface area contributed by atoms with E-state index in [9.17, 15) is 4.79 Å². The third-order valence-corrected chi connectivity index (χ3v) is 3.34. The van der Waals surface area contributed by atoms with E-state index in [1.54, 1.807) is 42.5 Å². The molecule has 0 spiro atoms. The first-order valence-electron chi connectivity index (χ1n) is 6.25. The summed E-state index contributed by atoms with van der Waals surface area (Å²) in [5, 5.41) is 13.0. The second kappa shape index (κ2) is 5.31. The molecule has 0 unspecified atom stereocenters. The van der Waals surface area contributed by atoms with Crippen LogP contribution >= 0.6 is 11.6 Å². The van der Waals surface area contributed by atoms with Gasteiger partial charge in [-0.2, -0.15) is 5.26 Å². The molecule has 102 valence electrons. The maximum atomic E-state index is 12.2. The van der Waals surface area contributed by atoms with E-state index in [0.29, 0.717) is 22.0 Å². The number of nitrogens with one attached hydrogen (secondary N) is 2. The third kappa shape index (κ3) is 2.73. The Morgan fingerprint density at radius 3 is 2.62 bits per heavy atom. The van der Waals surface area contributed by atoms with Crippen LogP contribution in [0.1, 0.15) is 16.1 Å². The minimum Gasteiger partial charge on any atom is -0.350 e. The van der Waals surface area contributed by atoms with Crippen LogP contribution in [-0.4, -0.2) is 10.9 Å². The zero-order valence-corrected chi connectivity index (χ0v) is 11.6. The fourth-order valence-electron chi connectivity index (χ4n) is 2.05. The van der Waals surface area contributed by atoms with E-state index in [-0.39, 0.29) is 5.91 Å². The number of nitriles is 1. The van der Waals surface area contributed by atoms with Gasteiger partial charge in [0.2, 0.25) is 0 Å².